The van der Waals surface area contributed by atoms with Crippen molar-refractivity contribution in [1.82, 2.24) is 10.2 Å². The Bertz CT molecular complexity index is 367. The predicted molar refractivity (Wildman–Crippen MR) is 134 cm³/mol. The molecule has 0 aromatic rings. The Morgan fingerprint density at radius 1 is 0.828 bits per heavy atom. The Labute approximate surface area is 188 Å². The third-order valence-corrected chi connectivity index (χ3v) is 10.1. The van der Waals surface area contributed by atoms with Gasteiger partial charge in [0.2, 0.25) is 0 Å². The van der Waals surface area contributed by atoms with E-state index in [1.165, 1.54) is 44.9 Å². The zero-order valence-corrected chi connectivity index (χ0v) is 22.6. The molecule has 0 radical (unpaired) electrons. The third-order valence-electron chi connectivity index (χ3n) is 5.63. The van der Waals surface area contributed by atoms with Crippen LogP contribution in [0.2, 0.25) is 12.6 Å². The van der Waals surface area contributed by atoms with Crippen molar-refractivity contribution in [1.29, 1.82) is 0 Å². The van der Waals surface area contributed by atoms with Gasteiger partial charge in [0, 0.05) is 13.2 Å². The molecule has 0 rings (SSSR count). The number of nitrogens with zero attached hydrogens (tertiary/aromatic N) is 1. The summed E-state index contributed by atoms with van der Waals surface area (Å²) >= 11 is 2.09. The quantitative estimate of drug-likeness (QED) is 0.121. The van der Waals surface area contributed by atoms with Gasteiger partial charge in [0.05, 0.1) is 0 Å². The molecule has 1 atom stereocenters. The molecule has 0 aliphatic rings. The first-order valence-corrected chi connectivity index (χ1v) is 15.9. The van der Waals surface area contributed by atoms with Gasteiger partial charge in [0.15, 0.2) is 0 Å². The van der Waals surface area contributed by atoms with Gasteiger partial charge in [-0.05, 0) is 71.1 Å². The molecule has 0 aromatic heterocycles. The van der Waals surface area contributed by atoms with Crippen molar-refractivity contribution < 1.29 is 8.85 Å². The smallest absolute Gasteiger partial charge is 0.334 e. The van der Waals surface area contributed by atoms with Crippen molar-refractivity contribution in [2.75, 3.05) is 38.6 Å². The van der Waals surface area contributed by atoms with Crippen LogP contribution in [0.1, 0.15) is 92.9 Å². The lowest BCUT2D eigenvalue weighted by Gasteiger charge is -2.44. The van der Waals surface area contributed by atoms with Gasteiger partial charge in [-0.2, -0.15) is 0 Å². The van der Waals surface area contributed by atoms with Crippen LogP contribution in [0, 0.1) is 0 Å². The molecule has 6 heteroatoms. The number of rotatable bonds is 21. The van der Waals surface area contributed by atoms with Crippen LogP contribution < -0.4 is 5.32 Å². The Balaban J connectivity index is 4.85. The number of unbranched alkanes of at least 4 members (excludes halogenated alkanes) is 5. The highest BCUT2D eigenvalue weighted by Crippen LogP contribution is 2.33. The highest BCUT2D eigenvalue weighted by molar-refractivity contribution is 8.00. The maximum atomic E-state index is 6.02. The second-order valence-corrected chi connectivity index (χ2v) is 12.8. The van der Waals surface area contributed by atoms with E-state index in [9.17, 15) is 0 Å². The Morgan fingerprint density at radius 3 is 1.93 bits per heavy atom. The van der Waals surface area contributed by atoms with Gasteiger partial charge >= 0.3 is 8.56 Å². The average Bonchev–Trinajstić information content (AvgIpc) is 2.69. The van der Waals surface area contributed by atoms with Crippen molar-refractivity contribution in [2.45, 2.75) is 110 Å². The minimum atomic E-state index is -2.01. The molecule has 0 aromatic carbocycles. The maximum Gasteiger partial charge on any atom is 0.334 e. The Kier molecular flexibility index (Phi) is 18.3. The van der Waals surface area contributed by atoms with Crippen molar-refractivity contribution in [3.8, 4) is 0 Å². The largest absolute Gasteiger partial charge is 0.395 e. The first kappa shape index (κ1) is 29.4. The molecule has 0 heterocycles. The number of nitrogens with one attached hydrogen (secondary N) is 1. The van der Waals surface area contributed by atoms with Crippen LogP contribution in [0.15, 0.2) is 0 Å². The van der Waals surface area contributed by atoms with Crippen LogP contribution in [-0.2, 0) is 8.85 Å². The summed E-state index contributed by atoms with van der Waals surface area (Å²) in [7, 11) is -2.01. The fraction of sp³-hybridized carbons (Fsp3) is 1.00. The second kappa shape index (κ2) is 18.0. The highest BCUT2D eigenvalue weighted by atomic mass is 32.2. The highest BCUT2D eigenvalue weighted by Gasteiger charge is 2.35. The zero-order chi connectivity index (χ0) is 22.0. The average molecular weight is 449 g/mol. The van der Waals surface area contributed by atoms with E-state index in [4.69, 9.17) is 8.85 Å². The standard InChI is InChI=1S/C23H52N2O2SSi/c1-8-14-15-16-17-18-20-23(28-13-6,25(9-2)10-3)24-21-19-22-29(7,26-11-4)27-12-5/h24H,8-22H2,1-7H3. The van der Waals surface area contributed by atoms with Gasteiger partial charge in [-0.1, -0.05) is 59.8 Å². The fourth-order valence-electron chi connectivity index (χ4n) is 4.18. The van der Waals surface area contributed by atoms with Crippen LogP contribution in [-0.4, -0.2) is 57.1 Å². The summed E-state index contributed by atoms with van der Waals surface area (Å²) in [6, 6.07) is 1.06. The predicted octanol–water partition coefficient (Wildman–Crippen LogP) is 6.61. The molecular weight excluding hydrogens is 396 g/mol. The molecule has 0 saturated carbocycles. The molecule has 0 bridgehead atoms. The molecule has 0 fully saturated rings. The maximum absolute atomic E-state index is 6.02. The van der Waals surface area contributed by atoms with E-state index in [0.717, 1.165) is 51.1 Å². The lowest BCUT2D eigenvalue weighted by Crippen LogP contribution is -2.57. The minimum Gasteiger partial charge on any atom is -0.395 e. The molecule has 1 N–H and O–H groups in total. The van der Waals surface area contributed by atoms with E-state index in [2.05, 4.69) is 70.1 Å². The molecule has 4 nitrogen and oxygen atoms in total. The topological polar surface area (TPSA) is 33.7 Å². The Morgan fingerprint density at radius 2 is 1.41 bits per heavy atom. The van der Waals surface area contributed by atoms with Gasteiger partial charge in [-0.15, -0.1) is 11.8 Å². The second-order valence-electron chi connectivity index (χ2n) is 7.94. The first-order valence-electron chi connectivity index (χ1n) is 12.4. The Hall–Kier alpha value is 0.407. The summed E-state index contributed by atoms with van der Waals surface area (Å²) in [5, 5.41) is 4.00. The van der Waals surface area contributed by atoms with E-state index in [1.807, 2.05) is 0 Å². The number of hydrogen-bond donors (Lipinski definition) is 1. The van der Waals surface area contributed by atoms with Crippen LogP contribution in [0.4, 0.5) is 0 Å². The van der Waals surface area contributed by atoms with E-state index in [1.54, 1.807) is 0 Å². The van der Waals surface area contributed by atoms with Crippen LogP contribution in [0.25, 0.3) is 0 Å². The molecule has 1 unspecified atom stereocenters. The van der Waals surface area contributed by atoms with Crippen molar-refractivity contribution in [3.63, 3.8) is 0 Å². The molecule has 0 spiro atoms. The van der Waals surface area contributed by atoms with Gasteiger partial charge in [-0.3, -0.25) is 10.2 Å². The van der Waals surface area contributed by atoms with Gasteiger partial charge in [0.25, 0.3) is 0 Å². The number of thioether (sulfide) groups is 1. The van der Waals surface area contributed by atoms with Gasteiger partial charge in [-0.25, -0.2) is 0 Å². The lowest BCUT2D eigenvalue weighted by molar-refractivity contribution is 0.136. The first-order chi connectivity index (χ1) is 14.0. The molecule has 0 aliphatic carbocycles. The summed E-state index contributed by atoms with van der Waals surface area (Å²) in [6.07, 6.45) is 10.5. The van der Waals surface area contributed by atoms with Crippen molar-refractivity contribution in [2.24, 2.45) is 0 Å². The van der Waals surface area contributed by atoms with Crippen LogP contribution >= 0.6 is 11.8 Å². The minimum absolute atomic E-state index is 0.0676. The molecular formula is C23H52N2O2SSi. The lowest BCUT2D eigenvalue weighted by atomic mass is 10.1. The zero-order valence-electron chi connectivity index (χ0n) is 20.8. The molecule has 0 aliphatic heterocycles. The van der Waals surface area contributed by atoms with E-state index >= 15 is 0 Å². The monoisotopic (exact) mass is 448 g/mol. The summed E-state index contributed by atoms with van der Waals surface area (Å²) in [6.45, 7) is 20.3. The van der Waals surface area contributed by atoms with Gasteiger partial charge in [0.1, 0.15) is 4.99 Å². The molecule has 0 amide bonds. The molecule has 29 heavy (non-hydrogen) atoms. The van der Waals surface area contributed by atoms with Crippen LogP contribution in [0.5, 0.6) is 0 Å². The van der Waals surface area contributed by atoms with Crippen LogP contribution in [0.3, 0.4) is 0 Å². The summed E-state index contributed by atoms with van der Waals surface area (Å²) in [5.74, 6) is 1.14. The fourth-order valence-corrected chi connectivity index (χ4v) is 8.00. The van der Waals surface area contributed by atoms with Crippen molar-refractivity contribution >= 4 is 20.3 Å². The normalized spacial score (nSPS) is 14.5. The van der Waals surface area contributed by atoms with E-state index in [0.29, 0.717) is 0 Å². The molecule has 176 valence electrons. The van der Waals surface area contributed by atoms with Gasteiger partial charge < -0.3 is 8.85 Å². The summed E-state index contributed by atoms with van der Waals surface area (Å²) in [4.78, 5) is 2.70. The SMILES string of the molecule is CCCCCCCCC(NCCC[Si](C)(OCC)OCC)(SCC)N(CC)CC. The summed E-state index contributed by atoms with van der Waals surface area (Å²) in [5.41, 5.74) is 0. The molecule has 0 saturated heterocycles. The van der Waals surface area contributed by atoms with Crippen molar-refractivity contribution in [3.05, 3.63) is 0 Å². The third kappa shape index (κ3) is 12.1. The van der Waals surface area contributed by atoms with E-state index in [-0.39, 0.29) is 4.99 Å². The summed E-state index contributed by atoms with van der Waals surface area (Å²) < 4.78 is 12.0. The van der Waals surface area contributed by atoms with E-state index < -0.39 is 8.56 Å². The number of hydrogen-bond acceptors (Lipinski definition) is 5.